The summed E-state index contributed by atoms with van der Waals surface area (Å²) in [5.74, 6) is 1.56. The van der Waals surface area contributed by atoms with E-state index in [-0.39, 0.29) is 22.7 Å². The van der Waals surface area contributed by atoms with Crippen LogP contribution in [0.25, 0.3) is 0 Å². The van der Waals surface area contributed by atoms with E-state index in [0.29, 0.717) is 24.2 Å². The zero-order valence-electron chi connectivity index (χ0n) is 13.7. The second kappa shape index (κ2) is 4.67. The third kappa shape index (κ3) is 1.78. The van der Waals surface area contributed by atoms with E-state index in [1.807, 2.05) is 0 Å². The van der Waals surface area contributed by atoms with Gasteiger partial charge < -0.3 is 10.2 Å². The minimum atomic E-state index is -0.746. The quantitative estimate of drug-likeness (QED) is 0.677. The Labute approximate surface area is 132 Å². The van der Waals surface area contributed by atoms with E-state index in [1.54, 1.807) is 0 Å². The standard InChI is InChI=1S/C19H28O3/c1-18-7-5-12(20)9-11(18)3-4-13-14(18)6-8-19(2)15(13)10-16(21)17(19)22/h3,12-15,17,20,22H,4-10H2,1-2H3/t12-,13+,14-,15-,17+,18-,19-/m0/s1. The molecule has 0 amide bonds. The average molecular weight is 304 g/mol. The normalized spacial score (nSPS) is 54.3. The Morgan fingerprint density at radius 3 is 2.64 bits per heavy atom. The van der Waals surface area contributed by atoms with E-state index in [1.165, 1.54) is 5.57 Å². The number of Topliss-reactive ketones (excluding diaryl/α,β-unsaturated/α-hetero) is 1. The maximum absolute atomic E-state index is 12.1. The molecular formula is C19H28O3. The van der Waals surface area contributed by atoms with Crippen molar-refractivity contribution in [2.75, 3.05) is 0 Å². The first-order chi connectivity index (χ1) is 10.4. The zero-order chi connectivity index (χ0) is 15.7. The van der Waals surface area contributed by atoms with Gasteiger partial charge in [-0.1, -0.05) is 25.5 Å². The van der Waals surface area contributed by atoms with Gasteiger partial charge in [0.25, 0.3) is 0 Å². The summed E-state index contributed by atoms with van der Waals surface area (Å²) in [6, 6.07) is 0. The largest absolute Gasteiger partial charge is 0.393 e. The van der Waals surface area contributed by atoms with Crippen LogP contribution in [0.1, 0.15) is 58.8 Å². The second-order valence-electron chi connectivity index (χ2n) is 8.77. The molecule has 0 bridgehead atoms. The van der Waals surface area contributed by atoms with Crippen LogP contribution < -0.4 is 0 Å². The molecule has 4 rings (SSSR count). The van der Waals surface area contributed by atoms with Gasteiger partial charge in [-0.3, -0.25) is 4.79 Å². The minimum Gasteiger partial charge on any atom is -0.393 e. The van der Waals surface area contributed by atoms with Gasteiger partial charge in [0.2, 0.25) is 0 Å². The van der Waals surface area contributed by atoms with E-state index >= 15 is 0 Å². The average Bonchev–Trinajstić information content (AvgIpc) is 2.72. The Balaban J connectivity index is 1.70. The number of ketones is 1. The molecule has 0 unspecified atom stereocenters. The maximum atomic E-state index is 12.1. The Kier molecular flexibility index (Phi) is 3.16. The molecular weight excluding hydrogens is 276 g/mol. The first kappa shape index (κ1) is 14.9. The van der Waals surface area contributed by atoms with Crippen molar-refractivity contribution in [2.24, 2.45) is 28.6 Å². The van der Waals surface area contributed by atoms with Crippen molar-refractivity contribution in [2.45, 2.75) is 71.0 Å². The molecule has 122 valence electrons. The van der Waals surface area contributed by atoms with Crippen molar-refractivity contribution in [3.8, 4) is 0 Å². The maximum Gasteiger partial charge on any atom is 0.162 e. The lowest BCUT2D eigenvalue weighted by Crippen LogP contribution is -2.51. The first-order valence-corrected chi connectivity index (χ1v) is 8.94. The van der Waals surface area contributed by atoms with Gasteiger partial charge in [-0.15, -0.1) is 0 Å². The summed E-state index contributed by atoms with van der Waals surface area (Å²) < 4.78 is 0. The van der Waals surface area contributed by atoms with E-state index in [2.05, 4.69) is 19.9 Å². The molecule has 3 fully saturated rings. The summed E-state index contributed by atoms with van der Waals surface area (Å²) in [6.45, 7) is 4.52. The Morgan fingerprint density at radius 2 is 1.86 bits per heavy atom. The van der Waals surface area contributed by atoms with Crippen LogP contribution in [0, 0.1) is 28.6 Å². The number of aliphatic hydroxyl groups excluding tert-OH is 2. The fraction of sp³-hybridized carbons (Fsp3) is 0.842. The second-order valence-corrected chi connectivity index (χ2v) is 8.77. The van der Waals surface area contributed by atoms with Gasteiger partial charge >= 0.3 is 0 Å². The van der Waals surface area contributed by atoms with Crippen molar-refractivity contribution in [3.05, 3.63) is 11.6 Å². The van der Waals surface area contributed by atoms with Crippen molar-refractivity contribution >= 4 is 5.78 Å². The van der Waals surface area contributed by atoms with Crippen molar-refractivity contribution in [1.29, 1.82) is 0 Å². The topological polar surface area (TPSA) is 57.5 Å². The molecule has 0 radical (unpaired) electrons. The molecule has 0 aromatic rings. The number of carbonyl (C=O) groups is 1. The molecule has 4 aliphatic rings. The molecule has 0 saturated heterocycles. The molecule has 7 atom stereocenters. The summed E-state index contributed by atoms with van der Waals surface area (Å²) in [5, 5.41) is 20.4. The van der Waals surface area contributed by atoms with E-state index in [0.717, 1.165) is 38.5 Å². The molecule has 3 nitrogen and oxygen atoms in total. The summed E-state index contributed by atoms with van der Waals surface area (Å²) in [6.07, 6.45) is 7.95. The van der Waals surface area contributed by atoms with Crippen LogP contribution in [-0.4, -0.2) is 28.2 Å². The number of hydrogen-bond acceptors (Lipinski definition) is 3. The molecule has 3 saturated carbocycles. The van der Waals surface area contributed by atoms with E-state index in [4.69, 9.17) is 0 Å². The fourth-order valence-electron chi connectivity index (χ4n) is 6.41. The molecule has 0 aromatic heterocycles. The number of fused-ring (bicyclic) bond motifs is 5. The fourth-order valence-corrected chi connectivity index (χ4v) is 6.41. The Hall–Kier alpha value is -0.670. The number of hydrogen-bond donors (Lipinski definition) is 2. The lowest BCUT2D eigenvalue weighted by Gasteiger charge is -2.57. The van der Waals surface area contributed by atoms with Gasteiger partial charge in [0, 0.05) is 11.8 Å². The van der Waals surface area contributed by atoms with Gasteiger partial charge in [0.15, 0.2) is 5.78 Å². The lowest BCUT2D eigenvalue weighted by molar-refractivity contribution is -0.128. The Morgan fingerprint density at radius 1 is 1.09 bits per heavy atom. The zero-order valence-corrected chi connectivity index (χ0v) is 13.7. The highest BCUT2D eigenvalue weighted by Crippen LogP contribution is 2.64. The van der Waals surface area contributed by atoms with Crippen LogP contribution in [0.4, 0.5) is 0 Å². The van der Waals surface area contributed by atoms with E-state index < -0.39 is 6.10 Å². The minimum absolute atomic E-state index is 0.0622. The smallest absolute Gasteiger partial charge is 0.162 e. The molecule has 0 spiro atoms. The van der Waals surface area contributed by atoms with Crippen molar-refractivity contribution in [1.82, 2.24) is 0 Å². The molecule has 2 N–H and O–H groups in total. The third-order valence-electron chi connectivity index (χ3n) is 7.87. The van der Waals surface area contributed by atoms with Crippen LogP contribution in [0.5, 0.6) is 0 Å². The highest BCUT2D eigenvalue weighted by atomic mass is 16.3. The van der Waals surface area contributed by atoms with Gasteiger partial charge in [0.1, 0.15) is 6.10 Å². The SMILES string of the molecule is C[C@]12CC[C@H]3[C@@H](CC=C4C[C@@H](O)CC[C@@]43C)[C@@H]1CC(=O)[C@H]2O. The Bertz CT molecular complexity index is 539. The van der Waals surface area contributed by atoms with Crippen molar-refractivity contribution in [3.63, 3.8) is 0 Å². The van der Waals surface area contributed by atoms with Gasteiger partial charge in [-0.2, -0.15) is 0 Å². The highest BCUT2D eigenvalue weighted by molar-refractivity contribution is 5.86. The monoisotopic (exact) mass is 304 g/mol. The predicted molar refractivity (Wildman–Crippen MR) is 84.1 cm³/mol. The van der Waals surface area contributed by atoms with Crippen LogP contribution >= 0.6 is 0 Å². The number of aliphatic hydroxyl groups is 2. The van der Waals surface area contributed by atoms with Crippen molar-refractivity contribution < 1.29 is 15.0 Å². The molecule has 0 aromatic carbocycles. The third-order valence-corrected chi connectivity index (χ3v) is 7.87. The summed E-state index contributed by atoms with van der Waals surface area (Å²) in [7, 11) is 0. The van der Waals surface area contributed by atoms with Gasteiger partial charge in [0.05, 0.1) is 6.10 Å². The molecule has 22 heavy (non-hydrogen) atoms. The van der Waals surface area contributed by atoms with Gasteiger partial charge in [-0.05, 0) is 61.7 Å². The van der Waals surface area contributed by atoms with Crippen LogP contribution in [0.3, 0.4) is 0 Å². The number of carbonyl (C=O) groups excluding carboxylic acids is 1. The molecule has 0 heterocycles. The lowest BCUT2D eigenvalue weighted by atomic mass is 9.48. The molecule has 4 aliphatic carbocycles. The van der Waals surface area contributed by atoms with Gasteiger partial charge in [-0.25, -0.2) is 0 Å². The van der Waals surface area contributed by atoms with E-state index in [9.17, 15) is 15.0 Å². The first-order valence-electron chi connectivity index (χ1n) is 8.94. The van der Waals surface area contributed by atoms with Crippen LogP contribution in [-0.2, 0) is 4.79 Å². The summed E-state index contributed by atoms with van der Waals surface area (Å²) >= 11 is 0. The summed E-state index contributed by atoms with van der Waals surface area (Å²) in [5.41, 5.74) is 1.47. The molecule has 0 aliphatic heterocycles. The number of rotatable bonds is 0. The van der Waals surface area contributed by atoms with Crippen LogP contribution in [0.2, 0.25) is 0 Å². The predicted octanol–water partition coefficient (Wildman–Crippen LogP) is 2.85. The van der Waals surface area contributed by atoms with Crippen LogP contribution in [0.15, 0.2) is 11.6 Å². The summed E-state index contributed by atoms with van der Waals surface area (Å²) in [4.78, 5) is 12.1. The molecule has 3 heteroatoms. The number of allylic oxidation sites excluding steroid dienone is 1. The highest BCUT2D eigenvalue weighted by Gasteiger charge is 2.60.